The third-order valence-corrected chi connectivity index (χ3v) is 2.72. The van der Waals surface area contributed by atoms with Crippen molar-refractivity contribution in [3.63, 3.8) is 0 Å². The third kappa shape index (κ3) is 1.99. The van der Waals surface area contributed by atoms with Crippen LogP contribution < -0.4 is 0 Å². The fourth-order valence-electron chi connectivity index (χ4n) is 1.02. The lowest BCUT2D eigenvalue weighted by atomic mass is 10.3. The van der Waals surface area contributed by atoms with Gasteiger partial charge in [0.05, 0.1) is 0 Å². The molecular formula is C7H7N5O2S. The van der Waals surface area contributed by atoms with Crippen molar-refractivity contribution in [3.8, 4) is 11.4 Å². The monoisotopic (exact) mass is 225 g/mol. The zero-order chi connectivity index (χ0) is 10.9. The quantitative estimate of drug-likeness (QED) is 0.750. The molecule has 8 heteroatoms. The van der Waals surface area contributed by atoms with Crippen LogP contribution in [0.5, 0.6) is 0 Å². The summed E-state index contributed by atoms with van der Waals surface area (Å²) >= 11 is 0. The molecule has 0 saturated heterocycles. The molecule has 2 aromatic heterocycles. The summed E-state index contributed by atoms with van der Waals surface area (Å²) < 4.78 is 22.2. The summed E-state index contributed by atoms with van der Waals surface area (Å²) in [6.45, 7) is 0. The van der Waals surface area contributed by atoms with E-state index in [9.17, 15) is 8.42 Å². The van der Waals surface area contributed by atoms with E-state index in [1.165, 1.54) is 12.3 Å². The van der Waals surface area contributed by atoms with Gasteiger partial charge in [-0.1, -0.05) is 0 Å². The van der Waals surface area contributed by atoms with Gasteiger partial charge in [-0.25, -0.2) is 13.4 Å². The number of nitrogens with zero attached hydrogens (tertiary/aromatic N) is 4. The maximum absolute atomic E-state index is 11.1. The highest BCUT2D eigenvalue weighted by Crippen LogP contribution is 2.13. The number of rotatable bonds is 2. The number of pyridine rings is 1. The Morgan fingerprint density at radius 2 is 2.13 bits per heavy atom. The van der Waals surface area contributed by atoms with Crippen LogP contribution >= 0.6 is 0 Å². The summed E-state index contributed by atoms with van der Waals surface area (Å²) in [4.78, 5) is 3.80. The van der Waals surface area contributed by atoms with Crippen LogP contribution in [0.3, 0.4) is 0 Å². The van der Waals surface area contributed by atoms with Gasteiger partial charge in [0.1, 0.15) is 0 Å². The molecule has 0 spiro atoms. The molecule has 1 N–H and O–H groups in total. The van der Waals surface area contributed by atoms with Gasteiger partial charge in [-0.2, -0.15) is 5.21 Å². The Morgan fingerprint density at radius 1 is 1.33 bits per heavy atom. The number of H-pyrrole nitrogens is 1. The average Bonchev–Trinajstić information content (AvgIpc) is 2.69. The average molecular weight is 225 g/mol. The Morgan fingerprint density at radius 3 is 2.60 bits per heavy atom. The minimum absolute atomic E-state index is 0.0229. The first-order valence-corrected chi connectivity index (χ1v) is 5.86. The number of hydrogen-bond acceptors (Lipinski definition) is 6. The highest BCUT2D eigenvalue weighted by atomic mass is 32.2. The first-order valence-electron chi connectivity index (χ1n) is 3.97. The second kappa shape index (κ2) is 3.39. The van der Waals surface area contributed by atoms with Crippen molar-refractivity contribution >= 4 is 9.84 Å². The van der Waals surface area contributed by atoms with Gasteiger partial charge in [-0.15, -0.1) is 10.2 Å². The number of aromatic nitrogens is 5. The third-order valence-electron chi connectivity index (χ3n) is 1.72. The largest absolute Gasteiger partial charge is 0.244 e. The van der Waals surface area contributed by atoms with Crippen molar-refractivity contribution in [1.82, 2.24) is 25.6 Å². The fraction of sp³-hybridized carbons (Fsp3) is 0.143. The van der Waals surface area contributed by atoms with Crippen molar-refractivity contribution in [2.75, 3.05) is 6.26 Å². The van der Waals surface area contributed by atoms with Crippen LogP contribution in [0.2, 0.25) is 0 Å². The zero-order valence-electron chi connectivity index (χ0n) is 7.75. The van der Waals surface area contributed by atoms with Gasteiger partial charge >= 0.3 is 0 Å². The number of sulfone groups is 1. The van der Waals surface area contributed by atoms with Crippen LogP contribution in [0.1, 0.15) is 0 Å². The lowest BCUT2D eigenvalue weighted by Crippen LogP contribution is -1.99. The molecule has 2 heterocycles. The van der Waals surface area contributed by atoms with E-state index in [1.54, 1.807) is 6.07 Å². The number of aromatic amines is 1. The molecule has 0 unspecified atom stereocenters. The Hall–Kier alpha value is -1.83. The molecular weight excluding hydrogens is 218 g/mol. The van der Waals surface area contributed by atoms with E-state index in [0.29, 0.717) is 11.4 Å². The molecule has 78 valence electrons. The normalized spacial score (nSPS) is 11.5. The van der Waals surface area contributed by atoms with Crippen molar-refractivity contribution < 1.29 is 8.42 Å². The standard InChI is InChI=1S/C7H7N5O2S/c1-15(13,14)6-3-2-5(4-8-6)7-9-11-12-10-7/h2-4H,1H3,(H,9,10,11,12). The summed E-state index contributed by atoms with van der Waals surface area (Å²) in [6.07, 6.45) is 2.49. The van der Waals surface area contributed by atoms with Crippen molar-refractivity contribution in [1.29, 1.82) is 0 Å². The molecule has 0 amide bonds. The number of hydrogen-bond donors (Lipinski definition) is 1. The van der Waals surface area contributed by atoms with E-state index >= 15 is 0 Å². The summed E-state index contributed by atoms with van der Waals surface area (Å²) in [6, 6.07) is 2.98. The van der Waals surface area contributed by atoms with E-state index in [0.717, 1.165) is 6.26 Å². The summed E-state index contributed by atoms with van der Waals surface area (Å²) in [5.41, 5.74) is 0.608. The Bertz CT molecular complexity index is 546. The molecule has 0 aliphatic carbocycles. The fourth-order valence-corrected chi connectivity index (χ4v) is 1.58. The van der Waals surface area contributed by atoms with E-state index in [4.69, 9.17) is 0 Å². The predicted molar refractivity (Wildman–Crippen MR) is 50.5 cm³/mol. The molecule has 0 aromatic carbocycles. The Kier molecular flexibility index (Phi) is 2.19. The van der Waals surface area contributed by atoms with Gasteiger partial charge in [-0.05, 0) is 17.3 Å². The second-order valence-electron chi connectivity index (χ2n) is 2.89. The van der Waals surface area contributed by atoms with Crippen LogP contribution in [0.15, 0.2) is 23.4 Å². The van der Waals surface area contributed by atoms with Crippen molar-refractivity contribution in [2.24, 2.45) is 0 Å². The Labute approximate surface area is 85.5 Å². The molecule has 15 heavy (non-hydrogen) atoms. The molecule has 0 fully saturated rings. The van der Waals surface area contributed by atoms with E-state index in [1.807, 2.05) is 0 Å². The predicted octanol–water partition coefficient (Wildman–Crippen LogP) is -0.335. The molecule has 0 atom stereocenters. The molecule has 0 aliphatic rings. The lowest BCUT2D eigenvalue weighted by Gasteiger charge is -1.97. The highest BCUT2D eigenvalue weighted by Gasteiger charge is 2.09. The van der Waals surface area contributed by atoms with Crippen LogP contribution in [0.4, 0.5) is 0 Å². The molecule has 0 aliphatic heterocycles. The van der Waals surface area contributed by atoms with Gasteiger partial charge < -0.3 is 0 Å². The maximum atomic E-state index is 11.1. The van der Waals surface area contributed by atoms with Crippen molar-refractivity contribution in [2.45, 2.75) is 5.03 Å². The van der Waals surface area contributed by atoms with E-state index in [2.05, 4.69) is 25.6 Å². The van der Waals surface area contributed by atoms with Gasteiger partial charge in [0.25, 0.3) is 0 Å². The van der Waals surface area contributed by atoms with Gasteiger partial charge in [0.15, 0.2) is 14.9 Å². The lowest BCUT2D eigenvalue weighted by molar-refractivity contribution is 0.598. The SMILES string of the molecule is CS(=O)(=O)c1ccc(-c2nn[nH]n2)cn1. The second-order valence-corrected chi connectivity index (χ2v) is 4.86. The van der Waals surface area contributed by atoms with Gasteiger partial charge in [0, 0.05) is 18.0 Å². The molecule has 0 radical (unpaired) electrons. The van der Waals surface area contributed by atoms with Crippen LogP contribution in [-0.2, 0) is 9.84 Å². The summed E-state index contributed by atoms with van der Waals surface area (Å²) in [5.74, 6) is 0.377. The van der Waals surface area contributed by atoms with E-state index < -0.39 is 9.84 Å². The zero-order valence-corrected chi connectivity index (χ0v) is 8.56. The van der Waals surface area contributed by atoms with Crippen LogP contribution in [0, 0.1) is 0 Å². The van der Waals surface area contributed by atoms with Crippen molar-refractivity contribution in [3.05, 3.63) is 18.3 Å². The number of tetrazole rings is 1. The first-order chi connectivity index (χ1) is 7.07. The summed E-state index contributed by atoms with van der Waals surface area (Å²) in [7, 11) is -3.26. The minimum atomic E-state index is -3.26. The minimum Gasteiger partial charge on any atom is -0.244 e. The molecule has 0 bridgehead atoms. The molecule has 2 aromatic rings. The maximum Gasteiger partial charge on any atom is 0.206 e. The molecule has 2 rings (SSSR count). The van der Waals surface area contributed by atoms with Crippen LogP contribution in [-0.4, -0.2) is 40.3 Å². The van der Waals surface area contributed by atoms with Gasteiger partial charge in [0.2, 0.25) is 5.82 Å². The topological polar surface area (TPSA) is 101 Å². The van der Waals surface area contributed by atoms with Gasteiger partial charge in [-0.3, -0.25) is 0 Å². The Balaban J connectivity index is 2.42. The first kappa shape index (κ1) is 9.71. The summed E-state index contributed by atoms with van der Waals surface area (Å²) in [5, 5.41) is 13.2. The molecule has 0 saturated carbocycles. The van der Waals surface area contributed by atoms with E-state index in [-0.39, 0.29) is 5.03 Å². The highest BCUT2D eigenvalue weighted by molar-refractivity contribution is 7.90. The van der Waals surface area contributed by atoms with Crippen LogP contribution in [0.25, 0.3) is 11.4 Å². The number of nitrogens with one attached hydrogen (secondary N) is 1. The smallest absolute Gasteiger partial charge is 0.206 e. The molecule has 7 nitrogen and oxygen atoms in total.